The third kappa shape index (κ3) is 2.00. The van der Waals surface area contributed by atoms with Crippen LogP contribution >= 0.6 is 0 Å². The van der Waals surface area contributed by atoms with E-state index >= 15 is 0 Å². The Kier molecular flexibility index (Phi) is 3.15. The molecule has 0 saturated carbocycles. The molecule has 7 nitrogen and oxygen atoms in total. The molecule has 4 rings (SSSR count). The molecule has 0 N–H and O–H groups in total. The highest BCUT2D eigenvalue weighted by molar-refractivity contribution is 5.90. The number of esters is 1. The second kappa shape index (κ2) is 5.17. The molecule has 1 saturated heterocycles. The second-order valence-corrected chi connectivity index (χ2v) is 5.44. The monoisotopic (exact) mass is 300 g/mol. The summed E-state index contributed by atoms with van der Waals surface area (Å²) in [6.45, 7) is 2.11. The largest absolute Gasteiger partial charge is 0.461 e. The fourth-order valence-electron chi connectivity index (χ4n) is 3.19. The van der Waals surface area contributed by atoms with Gasteiger partial charge in [-0.2, -0.15) is 5.10 Å². The molecule has 2 atom stereocenters. The zero-order valence-corrected chi connectivity index (χ0v) is 12.2. The van der Waals surface area contributed by atoms with Crippen molar-refractivity contribution in [2.75, 3.05) is 6.61 Å². The van der Waals surface area contributed by atoms with Crippen molar-refractivity contribution in [3.05, 3.63) is 35.5 Å². The first-order valence-electron chi connectivity index (χ1n) is 7.48. The summed E-state index contributed by atoms with van der Waals surface area (Å²) in [5, 5.41) is 4.59. The third-order valence-corrected chi connectivity index (χ3v) is 4.09. The van der Waals surface area contributed by atoms with Crippen LogP contribution in [0.2, 0.25) is 0 Å². The lowest BCUT2D eigenvalue weighted by atomic mass is 10.0. The highest BCUT2D eigenvalue weighted by Gasteiger charge is 2.40. The summed E-state index contributed by atoms with van der Waals surface area (Å²) in [4.78, 5) is 20.7. The predicted molar refractivity (Wildman–Crippen MR) is 75.7 cm³/mol. The van der Waals surface area contributed by atoms with Gasteiger partial charge in [-0.25, -0.2) is 14.5 Å². The molecular formula is C15H16N4O3. The maximum absolute atomic E-state index is 12.4. The highest BCUT2D eigenvalue weighted by atomic mass is 16.5. The molecule has 2 aliphatic rings. The van der Waals surface area contributed by atoms with Gasteiger partial charge in [0.2, 0.25) is 0 Å². The van der Waals surface area contributed by atoms with Crippen LogP contribution < -0.4 is 0 Å². The molecular weight excluding hydrogens is 284 g/mol. The molecule has 0 amide bonds. The number of nitrogens with zero attached hydrogens (tertiary/aromatic N) is 4. The third-order valence-electron chi connectivity index (χ3n) is 4.09. The summed E-state index contributed by atoms with van der Waals surface area (Å²) in [6, 6.07) is 0. The van der Waals surface area contributed by atoms with Crippen LogP contribution in [0.5, 0.6) is 0 Å². The summed E-state index contributed by atoms with van der Waals surface area (Å²) in [7, 11) is 0. The molecule has 1 fully saturated rings. The summed E-state index contributed by atoms with van der Waals surface area (Å²) in [5.41, 5.74) is 2.22. The fraction of sp³-hybridized carbons (Fsp3) is 0.467. The average molecular weight is 300 g/mol. The van der Waals surface area contributed by atoms with Crippen molar-refractivity contribution in [3.63, 3.8) is 0 Å². The van der Waals surface area contributed by atoms with E-state index in [0.717, 1.165) is 24.1 Å². The van der Waals surface area contributed by atoms with Crippen molar-refractivity contribution in [2.45, 2.75) is 38.4 Å². The van der Waals surface area contributed by atoms with Gasteiger partial charge < -0.3 is 9.47 Å². The number of aromatic nitrogens is 4. The van der Waals surface area contributed by atoms with E-state index in [1.165, 1.54) is 0 Å². The van der Waals surface area contributed by atoms with E-state index in [0.29, 0.717) is 24.5 Å². The van der Waals surface area contributed by atoms with Gasteiger partial charge in [-0.1, -0.05) is 0 Å². The molecule has 0 aliphatic carbocycles. The molecule has 2 aromatic heterocycles. The second-order valence-electron chi connectivity index (χ2n) is 5.44. The number of carbonyl (C=O) groups is 1. The van der Waals surface area contributed by atoms with E-state index in [4.69, 9.17) is 9.47 Å². The number of fused-ring (bicyclic) bond motifs is 4. The minimum atomic E-state index is -0.372. The Hall–Kier alpha value is -2.28. The van der Waals surface area contributed by atoms with E-state index in [2.05, 4.69) is 15.1 Å². The predicted octanol–water partition coefficient (Wildman–Crippen LogP) is 1.62. The van der Waals surface area contributed by atoms with E-state index in [9.17, 15) is 4.79 Å². The molecule has 22 heavy (non-hydrogen) atoms. The number of carbonyl (C=O) groups excluding carboxylic acids is 1. The molecule has 7 heteroatoms. The Morgan fingerprint density at radius 1 is 1.45 bits per heavy atom. The van der Waals surface area contributed by atoms with Gasteiger partial charge in [-0.15, -0.1) is 0 Å². The van der Waals surface area contributed by atoms with Crippen molar-refractivity contribution in [3.8, 4) is 5.82 Å². The Morgan fingerprint density at radius 3 is 3.14 bits per heavy atom. The minimum Gasteiger partial charge on any atom is -0.461 e. The quantitative estimate of drug-likeness (QED) is 0.801. The summed E-state index contributed by atoms with van der Waals surface area (Å²) in [6.07, 6.45) is 7.53. The fourth-order valence-corrected chi connectivity index (χ4v) is 3.19. The maximum atomic E-state index is 12.4. The number of hydrogen-bond donors (Lipinski definition) is 0. The van der Waals surface area contributed by atoms with E-state index in [1.807, 2.05) is 0 Å². The lowest BCUT2D eigenvalue weighted by molar-refractivity contribution is 0.0294. The van der Waals surface area contributed by atoms with Gasteiger partial charge in [-0.3, -0.25) is 4.98 Å². The van der Waals surface area contributed by atoms with E-state index in [1.54, 1.807) is 30.2 Å². The Balaban J connectivity index is 1.88. The number of hydrogen-bond acceptors (Lipinski definition) is 6. The number of ether oxygens (including phenoxy) is 2. The lowest BCUT2D eigenvalue weighted by Crippen LogP contribution is -2.20. The zero-order valence-electron chi connectivity index (χ0n) is 12.2. The maximum Gasteiger partial charge on any atom is 0.357 e. The van der Waals surface area contributed by atoms with Crippen LogP contribution in [0, 0.1) is 0 Å². The molecule has 0 aromatic carbocycles. The standard InChI is InChI=1S/C15H16N4O3/c1-2-21-15(20)14-10-7-9-3-4-11(22-9)13(10)18-19(14)12-8-16-5-6-17-12/h5-6,8-9,11H,2-4,7H2,1H3. The van der Waals surface area contributed by atoms with E-state index < -0.39 is 0 Å². The summed E-state index contributed by atoms with van der Waals surface area (Å²) in [5.74, 6) is 0.138. The van der Waals surface area contributed by atoms with Crippen molar-refractivity contribution in [2.24, 2.45) is 0 Å². The Morgan fingerprint density at radius 2 is 2.36 bits per heavy atom. The first-order valence-corrected chi connectivity index (χ1v) is 7.48. The van der Waals surface area contributed by atoms with Gasteiger partial charge in [0.1, 0.15) is 6.10 Å². The Bertz CT molecular complexity index is 713. The molecule has 4 heterocycles. The van der Waals surface area contributed by atoms with Gasteiger partial charge in [0.05, 0.1) is 24.6 Å². The lowest BCUT2D eigenvalue weighted by Gasteiger charge is -2.19. The molecule has 0 spiro atoms. The molecule has 2 bridgehead atoms. The first-order chi connectivity index (χ1) is 10.8. The van der Waals surface area contributed by atoms with Crippen LogP contribution in [0.1, 0.15) is 47.6 Å². The Labute approximate surface area is 127 Å². The van der Waals surface area contributed by atoms with Gasteiger partial charge in [0.15, 0.2) is 11.5 Å². The van der Waals surface area contributed by atoms with Gasteiger partial charge >= 0.3 is 5.97 Å². The SMILES string of the molecule is CCOC(=O)c1c2c(nn1-c1cnccn1)C1CCC(C2)O1. The van der Waals surface area contributed by atoms with Gasteiger partial charge in [-0.05, 0) is 19.8 Å². The van der Waals surface area contributed by atoms with Crippen molar-refractivity contribution >= 4 is 5.97 Å². The molecule has 2 unspecified atom stereocenters. The summed E-state index contributed by atoms with van der Waals surface area (Å²) >= 11 is 0. The molecule has 0 radical (unpaired) electrons. The topological polar surface area (TPSA) is 79.1 Å². The molecule has 2 aromatic rings. The van der Waals surface area contributed by atoms with Crippen LogP contribution in [0.15, 0.2) is 18.6 Å². The van der Waals surface area contributed by atoms with Crippen molar-refractivity contribution < 1.29 is 14.3 Å². The summed E-state index contributed by atoms with van der Waals surface area (Å²) < 4.78 is 12.7. The van der Waals surface area contributed by atoms with E-state index in [-0.39, 0.29) is 18.2 Å². The number of rotatable bonds is 3. The normalized spacial score (nSPS) is 22.4. The zero-order chi connectivity index (χ0) is 15.1. The minimum absolute atomic E-state index is 0.0279. The van der Waals surface area contributed by atoms with Gasteiger partial charge in [0.25, 0.3) is 0 Å². The highest BCUT2D eigenvalue weighted by Crippen LogP contribution is 2.42. The van der Waals surface area contributed by atoms with Crippen LogP contribution in [0.25, 0.3) is 5.82 Å². The van der Waals surface area contributed by atoms with Crippen LogP contribution in [-0.2, 0) is 15.9 Å². The smallest absolute Gasteiger partial charge is 0.357 e. The van der Waals surface area contributed by atoms with Crippen LogP contribution in [-0.4, -0.2) is 38.4 Å². The van der Waals surface area contributed by atoms with Crippen LogP contribution in [0.4, 0.5) is 0 Å². The van der Waals surface area contributed by atoms with Gasteiger partial charge in [0, 0.05) is 24.4 Å². The molecule has 114 valence electrons. The van der Waals surface area contributed by atoms with Crippen molar-refractivity contribution in [1.82, 2.24) is 19.7 Å². The first kappa shape index (κ1) is 13.4. The van der Waals surface area contributed by atoms with Crippen molar-refractivity contribution in [1.29, 1.82) is 0 Å². The molecule has 2 aliphatic heterocycles. The van der Waals surface area contributed by atoms with Crippen LogP contribution in [0.3, 0.4) is 0 Å². The average Bonchev–Trinajstić information content (AvgIpc) is 3.11.